The van der Waals surface area contributed by atoms with Gasteiger partial charge in [-0.2, -0.15) is 5.10 Å². The second kappa shape index (κ2) is 7.83. The van der Waals surface area contributed by atoms with Crippen LogP contribution in [0, 0.1) is 5.82 Å². The average molecular weight is 415 g/mol. The highest BCUT2D eigenvalue weighted by Crippen LogP contribution is 2.28. The number of rotatable bonds is 3. The van der Waals surface area contributed by atoms with Crippen LogP contribution < -0.4 is 5.69 Å². The molecule has 0 radical (unpaired) electrons. The van der Waals surface area contributed by atoms with Gasteiger partial charge < -0.3 is 4.90 Å². The van der Waals surface area contributed by atoms with Crippen LogP contribution in [-0.2, 0) is 7.05 Å². The van der Waals surface area contributed by atoms with Crippen LogP contribution in [0.2, 0.25) is 5.02 Å². The summed E-state index contributed by atoms with van der Waals surface area (Å²) in [5.41, 5.74) is 0.789. The summed E-state index contributed by atoms with van der Waals surface area (Å²) >= 11 is 6.08. The Morgan fingerprint density at radius 1 is 1.21 bits per heavy atom. The van der Waals surface area contributed by atoms with E-state index in [2.05, 4.69) is 5.10 Å². The molecule has 2 aromatic carbocycles. The molecular formula is C21H20ClFN4O2. The van der Waals surface area contributed by atoms with E-state index in [1.165, 1.54) is 16.8 Å². The summed E-state index contributed by atoms with van der Waals surface area (Å²) in [7, 11) is 1.62. The Hall–Kier alpha value is -2.93. The zero-order valence-corrected chi connectivity index (χ0v) is 16.6. The zero-order chi connectivity index (χ0) is 20.5. The molecule has 0 spiro atoms. The summed E-state index contributed by atoms with van der Waals surface area (Å²) < 4.78 is 16.3. The van der Waals surface area contributed by atoms with E-state index in [0.29, 0.717) is 18.9 Å². The minimum Gasteiger partial charge on any atom is -0.338 e. The molecule has 0 N–H and O–H groups in total. The zero-order valence-electron chi connectivity index (χ0n) is 15.9. The maximum Gasteiger partial charge on any atom is 0.350 e. The number of piperidine rings is 1. The summed E-state index contributed by atoms with van der Waals surface area (Å²) in [5.74, 6) is -0.194. The molecule has 1 atom stereocenters. The maximum absolute atomic E-state index is 13.3. The standard InChI is InChI=1S/C21H20ClFN4O2/c1-25-21(29)27(16-7-3-2-4-8-16)19(24-25)14-6-5-11-26(13-14)20(28)17-10-9-15(23)12-18(17)22/h2-4,7-10,12,14H,5-6,11,13H2,1H3. The Labute approximate surface area is 172 Å². The van der Waals surface area contributed by atoms with E-state index in [9.17, 15) is 14.0 Å². The summed E-state index contributed by atoms with van der Waals surface area (Å²) in [5, 5.41) is 4.55. The molecule has 1 aliphatic rings. The molecule has 29 heavy (non-hydrogen) atoms. The molecule has 0 aliphatic carbocycles. The van der Waals surface area contributed by atoms with Crippen LogP contribution >= 0.6 is 11.6 Å². The van der Waals surface area contributed by atoms with Gasteiger partial charge in [-0.3, -0.25) is 4.79 Å². The Balaban J connectivity index is 1.65. The normalized spacial score (nSPS) is 16.8. The van der Waals surface area contributed by atoms with Crippen molar-refractivity contribution in [1.29, 1.82) is 0 Å². The van der Waals surface area contributed by atoms with Gasteiger partial charge in [0.15, 0.2) is 0 Å². The van der Waals surface area contributed by atoms with Crippen molar-refractivity contribution in [3.63, 3.8) is 0 Å². The highest BCUT2D eigenvalue weighted by molar-refractivity contribution is 6.33. The van der Waals surface area contributed by atoms with E-state index in [4.69, 9.17) is 11.6 Å². The van der Waals surface area contributed by atoms with Gasteiger partial charge in [0.25, 0.3) is 5.91 Å². The first-order valence-corrected chi connectivity index (χ1v) is 9.79. The van der Waals surface area contributed by atoms with Crippen LogP contribution in [0.5, 0.6) is 0 Å². The van der Waals surface area contributed by atoms with E-state index in [-0.39, 0.29) is 28.1 Å². The Kier molecular flexibility index (Phi) is 5.24. The summed E-state index contributed by atoms with van der Waals surface area (Å²) in [6, 6.07) is 13.1. The maximum atomic E-state index is 13.3. The first-order chi connectivity index (χ1) is 14.0. The number of hydrogen-bond donors (Lipinski definition) is 0. The predicted octanol–water partition coefficient (Wildman–Crippen LogP) is 3.38. The number of para-hydroxylation sites is 1. The van der Waals surface area contributed by atoms with E-state index in [0.717, 1.165) is 24.6 Å². The van der Waals surface area contributed by atoms with Crippen molar-refractivity contribution in [2.45, 2.75) is 18.8 Å². The van der Waals surface area contributed by atoms with E-state index >= 15 is 0 Å². The number of hydrogen-bond acceptors (Lipinski definition) is 3. The van der Waals surface area contributed by atoms with Crippen molar-refractivity contribution in [2.24, 2.45) is 7.05 Å². The van der Waals surface area contributed by atoms with Gasteiger partial charge in [0.1, 0.15) is 11.6 Å². The smallest absolute Gasteiger partial charge is 0.338 e. The molecule has 3 aromatic rings. The van der Waals surface area contributed by atoms with Crippen molar-refractivity contribution in [1.82, 2.24) is 19.2 Å². The van der Waals surface area contributed by atoms with Gasteiger partial charge in [-0.05, 0) is 43.2 Å². The van der Waals surface area contributed by atoms with Crippen LogP contribution in [0.4, 0.5) is 4.39 Å². The molecule has 2 heterocycles. The van der Waals surface area contributed by atoms with E-state index < -0.39 is 5.82 Å². The molecule has 1 unspecified atom stereocenters. The Morgan fingerprint density at radius 3 is 2.69 bits per heavy atom. The number of nitrogens with zero attached hydrogens (tertiary/aromatic N) is 4. The molecule has 0 saturated carbocycles. The SMILES string of the molecule is Cn1nc(C2CCCN(C(=O)c3ccc(F)cc3Cl)C2)n(-c2ccccc2)c1=O. The van der Waals surface area contributed by atoms with Gasteiger partial charge in [-0.25, -0.2) is 18.4 Å². The molecule has 8 heteroatoms. The fourth-order valence-corrected chi connectivity index (χ4v) is 4.02. The molecule has 1 aromatic heterocycles. The quantitative estimate of drug-likeness (QED) is 0.660. The van der Waals surface area contributed by atoms with E-state index in [1.54, 1.807) is 16.5 Å². The fraction of sp³-hybridized carbons (Fsp3) is 0.286. The van der Waals surface area contributed by atoms with Crippen molar-refractivity contribution in [3.8, 4) is 5.69 Å². The number of halogens is 2. The molecule has 0 bridgehead atoms. The molecule has 150 valence electrons. The van der Waals surface area contributed by atoms with Crippen molar-refractivity contribution >= 4 is 17.5 Å². The third-order valence-corrected chi connectivity index (χ3v) is 5.51. The first kappa shape index (κ1) is 19.4. The largest absolute Gasteiger partial charge is 0.350 e. The number of likely N-dealkylation sites (tertiary alicyclic amines) is 1. The fourth-order valence-electron chi connectivity index (χ4n) is 3.77. The topological polar surface area (TPSA) is 60.1 Å². The van der Waals surface area contributed by atoms with Gasteiger partial charge in [0, 0.05) is 26.1 Å². The van der Waals surface area contributed by atoms with Gasteiger partial charge >= 0.3 is 5.69 Å². The molecule has 6 nitrogen and oxygen atoms in total. The number of carbonyl (C=O) groups is 1. The van der Waals surface area contributed by atoms with Crippen molar-refractivity contribution < 1.29 is 9.18 Å². The summed E-state index contributed by atoms with van der Waals surface area (Å²) in [4.78, 5) is 27.3. The average Bonchev–Trinajstić information content (AvgIpc) is 3.03. The predicted molar refractivity (Wildman–Crippen MR) is 108 cm³/mol. The lowest BCUT2D eigenvalue weighted by Crippen LogP contribution is -2.40. The number of amides is 1. The lowest BCUT2D eigenvalue weighted by molar-refractivity contribution is 0.0704. The highest BCUT2D eigenvalue weighted by Gasteiger charge is 2.30. The van der Waals surface area contributed by atoms with Crippen LogP contribution in [0.15, 0.2) is 53.3 Å². The summed E-state index contributed by atoms with van der Waals surface area (Å²) in [6.07, 6.45) is 1.58. The number of aromatic nitrogens is 3. The second-order valence-electron chi connectivity index (χ2n) is 7.15. The van der Waals surface area contributed by atoms with E-state index in [1.807, 2.05) is 30.3 Å². The number of aryl methyl sites for hydroxylation is 1. The van der Waals surface area contributed by atoms with Gasteiger partial charge in [0.2, 0.25) is 0 Å². The third-order valence-electron chi connectivity index (χ3n) is 5.20. The summed E-state index contributed by atoms with van der Waals surface area (Å²) in [6.45, 7) is 0.987. The Bertz CT molecular complexity index is 1110. The monoisotopic (exact) mass is 414 g/mol. The van der Waals surface area contributed by atoms with Gasteiger partial charge in [-0.15, -0.1) is 0 Å². The van der Waals surface area contributed by atoms with Crippen molar-refractivity contribution in [3.05, 3.63) is 81.2 Å². The lowest BCUT2D eigenvalue weighted by Gasteiger charge is -2.32. The lowest BCUT2D eigenvalue weighted by atomic mass is 9.96. The molecule has 1 aliphatic heterocycles. The molecule has 1 amide bonds. The van der Waals surface area contributed by atoms with Crippen LogP contribution in [0.3, 0.4) is 0 Å². The molecule has 1 fully saturated rings. The molecule has 4 rings (SSSR count). The number of benzene rings is 2. The van der Waals surface area contributed by atoms with Crippen molar-refractivity contribution in [2.75, 3.05) is 13.1 Å². The second-order valence-corrected chi connectivity index (χ2v) is 7.56. The first-order valence-electron chi connectivity index (χ1n) is 9.41. The Morgan fingerprint density at radius 2 is 1.97 bits per heavy atom. The minimum atomic E-state index is -0.483. The highest BCUT2D eigenvalue weighted by atomic mass is 35.5. The van der Waals surface area contributed by atoms with Gasteiger partial charge in [0.05, 0.1) is 16.3 Å². The minimum absolute atomic E-state index is 0.0937. The van der Waals surface area contributed by atoms with Crippen LogP contribution in [0.1, 0.15) is 34.9 Å². The molecular weight excluding hydrogens is 395 g/mol. The van der Waals surface area contributed by atoms with Crippen LogP contribution in [0.25, 0.3) is 5.69 Å². The van der Waals surface area contributed by atoms with Crippen LogP contribution in [-0.4, -0.2) is 38.2 Å². The molecule has 1 saturated heterocycles. The van der Waals surface area contributed by atoms with Gasteiger partial charge in [-0.1, -0.05) is 29.8 Å². The number of carbonyl (C=O) groups excluding carboxylic acids is 1. The third kappa shape index (κ3) is 3.70.